The van der Waals surface area contributed by atoms with Gasteiger partial charge in [0.25, 0.3) is 5.91 Å². The number of benzene rings is 1. The topological polar surface area (TPSA) is 114 Å². The van der Waals surface area contributed by atoms with Gasteiger partial charge < -0.3 is 10.1 Å². The number of nitrogens with one attached hydrogen (secondary N) is 2. The number of hydrogen-bond acceptors (Lipinski definition) is 6. The third-order valence-corrected chi connectivity index (χ3v) is 5.74. The Morgan fingerprint density at radius 1 is 1.21 bits per heavy atom. The standard InChI is InChI=1S/C19H22ClN3O5S/c1-12-4-5-13(2)16(10-12)29(26,27)22-9-8-18(24)28-14(3)19(25)23-17-7-6-15(20)11-21-17/h4-7,10-11,14,22H,8-9H2,1-3H3,(H,21,23,25)/t14-/m0/s1. The predicted molar refractivity (Wildman–Crippen MR) is 109 cm³/mol. The fraction of sp³-hybridized carbons (Fsp3) is 0.316. The number of pyridine rings is 1. The van der Waals surface area contributed by atoms with E-state index in [0.717, 1.165) is 5.56 Å². The Kier molecular flexibility index (Phi) is 7.72. The van der Waals surface area contributed by atoms with Crippen LogP contribution in [-0.2, 0) is 24.3 Å². The van der Waals surface area contributed by atoms with E-state index in [1.807, 2.05) is 6.07 Å². The van der Waals surface area contributed by atoms with Crippen molar-refractivity contribution < 1.29 is 22.7 Å². The lowest BCUT2D eigenvalue weighted by atomic mass is 10.2. The van der Waals surface area contributed by atoms with Gasteiger partial charge >= 0.3 is 5.97 Å². The minimum Gasteiger partial charge on any atom is -0.452 e. The molecule has 1 amide bonds. The molecule has 1 aromatic heterocycles. The fourth-order valence-electron chi connectivity index (χ4n) is 2.35. The van der Waals surface area contributed by atoms with E-state index >= 15 is 0 Å². The molecule has 1 aromatic carbocycles. The maximum absolute atomic E-state index is 12.4. The summed E-state index contributed by atoms with van der Waals surface area (Å²) in [7, 11) is -3.75. The zero-order valence-corrected chi connectivity index (χ0v) is 17.8. The highest BCUT2D eigenvalue weighted by Crippen LogP contribution is 2.16. The number of amides is 1. The lowest BCUT2D eigenvalue weighted by Crippen LogP contribution is -2.32. The van der Waals surface area contributed by atoms with Gasteiger partial charge in [-0.15, -0.1) is 0 Å². The number of ether oxygens (including phenoxy) is 1. The van der Waals surface area contributed by atoms with Crippen molar-refractivity contribution in [3.63, 3.8) is 0 Å². The molecule has 1 heterocycles. The van der Waals surface area contributed by atoms with Crippen LogP contribution in [0.25, 0.3) is 0 Å². The fourth-order valence-corrected chi connectivity index (χ4v) is 3.82. The Labute approximate surface area is 174 Å². The minimum absolute atomic E-state index is 0.151. The second kappa shape index (κ2) is 9.82. The van der Waals surface area contributed by atoms with E-state index in [-0.39, 0.29) is 23.7 Å². The average molecular weight is 440 g/mol. The largest absolute Gasteiger partial charge is 0.452 e. The third kappa shape index (κ3) is 6.81. The van der Waals surface area contributed by atoms with Gasteiger partial charge in [-0.3, -0.25) is 9.59 Å². The first-order valence-corrected chi connectivity index (χ1v) is 10.6. The molecular weight excluding hydrogens is 418 g/mol. The number of aryl methyl sites for hydroxylation is 2. The molecule has 0 aliphatic rings. The van der Waals surface area contributed by atoms with Crippen LogP contribution < -0.4 is 10.0 Å². The molecule has 0 saturated heterocycles. The maximum Gasteiger partial charge on any atom is 0.307 e. The van der Waals surface area contributed by atoms with Crippen LogP contribution >= 0.6 is 11.6 Å². The monoisotopic (exact) mass is 439 g/mol. The summed E-state index contributed by atoms with van der Waals surface area (Å²) < 4.78 is 32.2. The van der Waals surface area contributed by atoms with Crippen LogP contribution in [0.2, 0.25) is 5.02 Å². The highest BCUT2D eigenvalue weighted by molar-refractivity contribution is 7.89. The first-order valence-electron chi connectivity index (χ1n) is 8.77. The second-order valence-electron chi connectivity index (χ2n) is 6.40. The number of carbonyl (C=O) groups is 2. The van der Waals surface area contributed by atoms with Crippen LogP contribution in [0.15, 0.2) is 41.4 Å². The van der Waals surface area contributed by atoms with Crippen molar-refractivity contribution in [2.24, 2.45) is 0 Å². The zero-order valence-electron chi connectivity index (χ0n) is 16.2. The summed E-state index contributed by atoms with van der Waals surface area (Å²) in [5.41, 5.74) is 1.41. The molecular formula is C19H22ClN3O5S. The van der Waals surface area contributed by atoms with Crippen molar-refractivity contribution in [1.82, 2.24) is 9.71 Å². The van der Waals surface area contributed by atoms with Crippen molar-refractivity contribution in [3.8, 4) is 0 Å². The molecule has 2 N–H and O–H groups in total. The first-order chi connectivity index (χ1) is 13.6. The van der Waals surface area contributed by atoms with E-state index in [0.29, 0.717) is 10.6 Å². The van der Waals surface area contributed by atoms with Crippen molar-refractivity contribution in [3.05, 3.63) is 52.7 Å². The van der Waals surface area contributed by atoms with E-state index in [4.69, 9.17) is 16.3 Å². The summed E-state index contributed by atoms with van der Waals surface area (Å²) in [6.45, 7) is 4.74. The van der Waals surface area contributed by atoms with Crippen molar-refractivity contribution in [2.75, 3.05) is 11.9 Å². The number of anilines is 1. The van der Waals surface area contributed by atoms with Crippen LogP contribution in [0.3, 0.4) is 0 Å². The molecule has 2 rings (SSSR count). The third-order valence-electron chi connectivity index (χ3n) is 3.91. The molecule has 0 aliphatic heterocycles. The van der Waals surface area contributed by atoms with Gasteiger partial charge in [0.15, 0.2) is 6.10 Å². The van der Waals surface area contributed by atoms with Gasteiger partial charge in [0.1, 0.15) is 5.82 Å². The normalized spacial score (nSPS) is 12.3. The summed E-state index contributed by atoms with van der Waals surface area (Å²) in [6, 6.07) is 8.17. The summed E-state index contributed by atoms with van der Waals surface area (Å²) in [5, 5.41) is 2.91. The van der Waals surface area contributed by atoms with Gasteiger partial charge in [-0.1, -0.05) is 23.7 Å². The molecule has 1 atom stereocenters. The van der Waals surface area contributed by atoms with Crippen LogP contribution in [-0.4, -0.2) is 37.9 Å². The number of carbonyl (C=O) groups excluding carboxylic acids is 2. The average Bonchev–Trinajstić information content (AvgIpc) is 2.65. The van der Waals surface area contributed by atoms with Gasteiger partial charge in [-0.25, -0.2) is 18.1 Å². The van der Waals surface area contributed by atoms with Crippen molar-refractivity contribution in [2.45, 2.75) is 38.2 Å². The van der Waals surface area contributed by atoms with Crippen molar-refractivity contribution >= 4 is 39.3 Å². The SMILES string of the molecule is Cc1ccc(C)c(S(=O)(=O)NCCC(=O)O[C@@H](C)C(=O)Nc2ccc(Cl)cn2)c1. The molecule has 29 heavy (non-hydrogen) atoms. The Hall–Kier alpha value is -2.49. The quantitative estimate of drug-likeness (QED) is 0.611. The smallest absolute Gasteiger partial charge is 0.307 e. The van der Waals surface area contributed by atoms with Crippen LogP contribution in [0.5, 0.6) is 0 Å². The van der Waals surface area contributed by atoms with Gasteiger partial charge in [-0.05, 0) is 50.1 Å². The van der Waals surface area contributed by atoms with Crippen LogP contribution in [0, 0.1) is 13.8 Å². The number of halogens is 1. The summed E-state index contributed by atoms with van der Waals surface area (Å²) in [4.78, 5) is 28.1. The number of sulfonamides is 1. The molecule has 0 bridgehead atoms. The van der Waals surface area contributed by atoms with E-state index in [9.17, 15) is 18.0 Å². The van der Waals surface area contributed by atoms with Crippen molar-refractivity contribution in [1.29, 1.82) is 0 Å². The molecule has 0 fully saturated rings. The molecule has 156 valence electrons. The number of rotatable bonds is 8. The first kappa shape index (κ1) is 22.8. The number of aromatic nitrogens is 1. The Morgan fingerprint density at radius 2 is 1.93 bits per heavy atom. The number of nitrogens with zero attached hydrogens (tertiary/aromatic N) is 1. The summed E-state index contributed by atoms with van der Waals surface area (Å²) in [5.74, 6) is -1.01. The molecule has 0 aliphatic carbocycles. The molecule has 0 unspecified atom stereocenters. The van der Waals surface area contributed by atoms with E-state index in [1.165, 1.54) is 19.2 Å². The van der Waals surface area contributed by atoms with Gasteiger partial charge in [0.05, 0.1) is 16.3 Å². The second-order valence-corrected chi connectivity index (χ2v) is 8.57. The molecule has 0 saturated carbocycles. The summed E-state index contributed by atoms with van der Waals surface area (Å²) >= 11 is 5.72. The Balaban J connectivity index is 1.83. The molecule has 10 heteroatoms. The van der Waals surface area contributed by atoms with Gasteiger partial charge in [0, 0.05) is 12.7 Å². The molecule has 0 radical (unpaired) electrons. The van der Waals surface area contributed by atoms with Crippen LogP contribution in [0.1, 0.15) is 24.5 Å². The lowest BCUT2D eigenvalue weighted by molar-refractivity contribution is -0.152. The lowest BCUT2D eigenvalue weighted by Gasteiger charge is -2.14. The molecule has 2 aromatic rings. The summed E-state index contributed by atoms with van der Waals surface area (Å²) in [6.07, 6.45) is 0.0761. The Bertz CT molecular complexity index is 993. The van der Waals surface area contributed by atoms with Gasteiger partial charge in [0.2, 0.25) is 10.0 Å². The zero-order chi connectivity index (χ0) is 21.6. The van der Waals surface area contributed by atoms with E-state index < -0.39 is 28.0 Å². The predicted octanol–water partition coefficient (Wildman–Crippen LogP) is 2.59. The highest BCUT2D eigenvalue weighted by atomic mass is 35.5. The van der Waals surface area contributed by atoms with Gasteiger partial charge in [-0.2, -0.15) is 0 Å². The molecule has 0 spiro atoms. The van der Waals surface area contributed by atoms with Crippen LogP contribution in [0.4, 0.5) is 5.82 Å². The van der Waals surface area contributed by atoms with E-state index in [1.54, 1.807) is 32.0 Å². The minimum atomic E-state index is -3.75. The number of esters is 1. The highest BCUT2D eigenvalue weighted by Gasteiger charge is 2.20. The Morgan fingerprint density at radius 3 is 2.59 bits per heavy atom. The molecule has 8 nitrogen and oxygen atoms in total. The number of hydrogen-bond donors (Lipinski definition) is 2. The van der Waals surface area contributed by atoms with E-state index in [2.05, 4.69) is 15.0 Å². The maximum atomic E-state index is 12.4.